The van der Waals surface area contributed by atoms with Crippen LogP contribution < -0.4 is 0 Å². The molecule has 1 aliphatic heterocycles. The molecule has 24 heavy (non-hydrogen) atoms. The zero-order valence-corrected chi connectivity index (χ0v) is 15.0. The first-order valence-corrected chi connectivity index (χ1v) is 8.42. The number of carbonyl (C=O) groups is 2. The maximum atomic E-state index is 12.5. The largest absolute Gasteiger partial charge is 0.444 e. The molecule has 2 heterocycles. The Morgan fingerprint density at radius 1 is 1.21 bits per heavy atom. The number of amides is 2. The number of rotatable bonds is 2. The highest BCUT2D eigenvalue weighted by atomic mass is 32.1. The fourth-order valence-corrected chi connectivity index (χ4v) is 3.29. The summed E-state index contributed by atoms with van der Waals surface area (Å²) in [6.45, 7) is 8.55. The molecule has 0 radical (unpaired) electrons. The van der Waals surface area contributed by atoms with Crippen LogP contribution in [0.1, 0.15) is 35.3 Å². The highest BCUT2D eigenvalue weighted by Crippen LogP contribution is 2.29. The van der Waals surface area contributed by atoms with Gasteiger partial charge in [0.05, 0.1) is 14.7 Å². The van der Waals surface area contributed by atoms with Gasteiger partial charge in [0.15, 0.2) is 0 Å². The molecule has 0 saturated carbocycles. The molecular formula is C15H21N3O5S. The molecular weight excluding hydrogens is 334 g/mol. The zero-order valence-electron chi connectivity index (χ0n) is 14.2. The van der Waals surface area contributed by atoms with E-state index in [9.17, 15) is 19.7 Å². The lowest BCUT2D eigenvalue weighted by Crippen LogP contribution is -2.51. The highest BCUT2D eigenvalue weighted by Gasteiger charge is 2.29. The summed E-state index contributed by atoms with van der Waals surface area (Å²) >= 11 is 1.12. The van der Waals surface area contributed by atoms with Gasteiger partial charge in [-0.1, -0.05) is 0 Å². The van der Waals surface area contributed by atoms with Crippen molar-refractivity contribution in [1.82, 2.24) is 9.80 Å². The van der Waals surface area contributed by atoms with Crippen molar-refractivity contribution in [1.29, 1.82) is 0 Å². The second kappa shape index (κ2) is 6.76. The number of ether oxygens (including phenoxy) is 1. The first-order chi connectivity index (χ1) is 11.1. The predicted octanol–water partition coefficient (Wildman–Crippen LogP) is 2.66. The molecule has 1 aromatic heterocycles. The molecule has 1 aliphatic rings. The van der Waals surface area contributed by atoms with Gasteiger partial charge >= 0.3 is 6.09 Å². The van der Waals surface area contributed by atoms with E-state index in [2.05, 4.69) is 0 Å². The topological polar surface area (TPSA) is 93.0 Å². The minimum absolute atomic E-state index is 0.0317. The third kappa shape index (κ3) is 4.22. The summed E-state index contributed by atoms with van der Waals surface area (Å²) in [5, 5.41) is 10.9. The van der Waals surface area contributed by atoms with Crippen molar-refractivity contribution in [3.8, 4) is 0 Å². The Labute approximate surface area is 144 Å². The monoisotopic (exact) mass is 355 g/mol. The van der Waals surface area contributed by atoms with Crippen LogP contribution in [-0.4, -0.2) is 58.5 Å². The number of nitrogens with zero attached hydrogens (tertiary/aromatic N) is 3. The molecule has 0 bridgehead atoms. The molecule has 2 rings (SSSR count). The maximum absolute atomic E-state index is 12.5. The summed E-state index contributed by atoms with van der Waals surface area (Å²) in [4.78, 5) is 38.9. The van der Waals surface area contributed by atoms with Crippen LogP contribution in [0.15, 0.2) is 6.07 Å². The van der Waals surface area contributed by atoms with Crippen LogP contribution in [0.2, 0.25) is 0 Å². The van der Waals surface area contributed by atoms with Gasteiger partial charge in [-0.3, -0.25) is 14.9 Å². The van der Waals surface area contributed by atoms with Crippen LogP contribution in [0.5, 0.6) is 0 Å². The molecule has 2 amide bonds. The average Bonchev–Trinajstić information content (AvgIpc) is 2.87. The summed E-state index contributed by atoms with van der Waals surface area (Å²) in [5.41, 5.74) is -0.590. The molecule has 0 aromatic carbocycles. The second-order valence-corrected chi connectivity index (χ2v) is 7.83. The van der Waals surface area contributed by atoms with E-state index in [0.717, 1.165) is 11.3 Å². The van der Waals surface area contributed by atoms with E-state index in [0.29, 0.717) is 35.9 Å². The number of thiophene rings is 1. The van der Waals surface area contributed by atoms with Crippen molar-refractivity contribution < 1.29 is 19.2 Å². The van der Waals surface area contributed by atoms with Gasteiger partial charge in [0.1, 0.15) is 5.60 Å². The van der Waals surface area contributed by atoms with Gasteiger partial charge in [-0.2, -0.15) is 0 Å². The standard InChI is InChI=1S/C15H21N3O5S/c1-10-11(18(21)22)9-12(24-10)13(19)16-5-7-17(8-6-16)14(20)23-15(2,3)4/h9H,5-8H2,1-4H3. The van der Waals surface area contributed by atoms with Crippen molar-refractivity contribution in [2.75, 3.05) is 26.2 Å². The normalized spacial score (nSPS) is 15.3. The Morgan fingerprint density at radius 2 is 1.75 bits per heavy atom. The number of nitro groups is 1. The van der Waals surface area contributed by atoms with E-state index < -0.39 is 16.6 Å². The highest BCUT2D eigenvalue weighted by molar-refractivity contribution is 7.14. The van der Waals surface area contributed by atoms with Crippen LogP contribution in [0, 0.1) is 17.0 Å². The maximum Gasteiger partial charge on any atom is 0.410 e. The number of hydrogen-bond donors (Lipinski definition) is 0. The van der Waals surface area contributed by atoms with Gasteiger partial charge in [-0.05, 0) is 27.7 Å². The van der Waals surface area contributed by atoms with Crippen LogP contribution in [-0.2, 0) is 4.74 Å². The number of hydrogen-bond acceptors (Lipinski definition) is 6. The fourth-order valence-electron chi connectivity index (χ4n) is 2.33. The van der Waals surface area contributed by atoms with E-state index in [1.165, 1.54) is 6.07 Å². The first-order valence-electron chi connectivity index (χ1n) is 7.60. The van der Waals surface area contributed by atoms with Gasteiger partial charge in [-0.15, -0.1) is 11.3 Å². The van der Waals surface area contributed by atoms with Gasteiger partial charge in [-0.25, -0.2) is 4.79 Å². The molecule has 0 unspecified atom stereocenters. The Balaban J connectivity index is 1.97. The Kier molecular flexibility index (Phi) is 5.12. The van der Waals surface area contributed by atoms with Crippen molar-refractivity contribution in [3.05, 3.63) is 25.9 Å². The van der Waals surface area contributed by atoms with Crippen LogP contribution >= 0.6 is 11.3 Å². The van der Waals surface area contributed by atoms with Crippen molar-refractivity contribution in [3.63, 3.8) is 0 Å². The minimum atomic E-state index is -0.558. The quantitative estimate of drug-likeness (QED) is 0.600. The third-order valence-electron chi connectivity index (χ3n) is 3.52. The Morgan fingerprint density at radius 3 is 2.21 bits per heavy atom. The molecule has 1 aromatic rings. The minimum Gasteiger partial charge on any atom is -0.444 e. The number of piperazine rings is 1. The zero-order chi connectivity index (χ0) is 18.1. The van der Waals surface area contributed by atoms with E-state index >= 15 is 0 Å². The molecule has 1 fully saturated rings. The third-order valence-corrected chi connectivity index (χ3v) is 4.55. The van der Waals surface area contributed by atoms with Crippen LogP contribution in [0.25, 0.3) is 0 Å². The van der Waals surface area contributed by atoms with Gasteiger partial charge < -0.3 is 14.5 Å². The molecule has 0 spiro atoms. The van der Waals surface area contributed by atoms with Crippen molar-refractivity contribution in [2.45, 2.75) is 33.3 Å². The molecule has 8 nitrogen and oxygen atoms in total. The summed E-state index contributed by atoms with van der Waals surface area (Å²) in [5.74, 6) is -0.236. The molecule has 0 N–H and O–H groups in total. The van der Waals surface area contributed by atoms with Crippen molar-refractivity contribution in [2.24, 2.45) is 0 Å². The molecule has 0 aliphatic carbocycles. The van der Waals surface area contributed by atoms with Crippen molar-refractivity contribution >= 4 is 29.0 Å². The van der Waals surface area contributed by atoms with Crippen LogP contribution in [0.4, 0.5) is 10.5 Å². The van der Waals surface area contributed by atoms with E-state index in [1.54, 1.807) is 37.5 Å². The average molecular weight is 355 g/mol. The smallest absolute Gasteiger partial charge is 0.410 e. The van der Waals surface area contributed by atoms with Gasteiger partial charge in [0.25, 0.3) is 11.6 Å². The molecule has 9 heteroatoms. The summed E-state index contributed by atoms with van der Waals surface area (Å²) in [6.07, 6.45) is -0.391. The van der Waals surface area contributed by atoms with Crippen LogP contribution in [0.3, 0.4) is 0 Å². The van der Waals surface area contributed by atoms with E-state index in [4.69, 9.17) is 4.74 Å². The number of aryl methyl sites for hydroxylation is 1. The predicted molar refractivity (Wildman–Crippen MR) is 89.4 cm³/mol. The fraction of sp³-hybridized carbons (Fsp3) is 0.600. The lowest BCUT2D eigenvalue weighted by Gasteiger charge is -2.35. The summed E-state index contributed by atoms with van der Waals surface area (Å²) < 4.78 is 5.31. The molecule has 0 atom stereocenters. The summed E-state index contributed by atoms with van der Waals surface area (Å²) in [6, 6.07) is 1.32. The van der Waals surface area contributed by atoms with E-state index in [-0.39, 0.29) is 11.6 Å². The van der Waals surface area contributed by atoms with Gasteiger partial charge in [0.2, 0.25) is 0 Å². The second-order valence-electron chi connectivity index (χ2n) is 6.57. The van der Waals surface area contributed by atoms with Gasteiger partial charge in [0, 0.05) is 32.2 Å². The first kappa shape index (κ1) is 18.2. The lowest BCUT2D eigenvalue weighted by molar-refractivity contribution is -0.385. The Bertz CT molecular complexity index is 657. The summed E-state index contributed by atoms with van der Waals surface area (Å²) in [7, 11) is 0. The van der Waals surface area contributed by atoms with E-state index in [1.807, 2.05) is 0 Å². The lowest BCUT2D eigenvalue weighted by atomic mass is 10.2. The number of carbonyl (C=O) groups excluding carboxylic acids is 2. The molecule has 132 valence electrons. The molecule has 1 saturated heterocycles. The Hall–Kier alpha value is -2.16. The SMILES string of the molecule is Cc1sc(C(=O)N2CCN(C(=O)OC(C)(C)C)CC2)cc1[N+](=O)[O-].